The molecule has 0 aliphatic carbocycles. The fourth-order valence-corrected chi connectivity index (χ4v) is 5.49. The Kier molecular flexibility index (Phi) is 6.48. The second-order valence-electron chi connectivity index (χ2n) is 7.93. The van der Waals surface area contributed by atoms with Crippen LogP contribution >= 0.6 is 11.3 Å². The van der Waals surface area contributed by atoms with Crippen molar-refractivity contribution in [2.24, 2.45) is 0 Å². The molecule has 0 atom stereocenters. The van der Waals surface area contributed by atoms with E-state index in [1.807, 2.05) is 43.3 Å². The van der Waals surface area contributed by atoms with E-state index in [4.69, 9.17) is 0 Å². The van der Waals surface area contributed by atoms with E-state index >= 15 is 0 Å². The number of aromatic nitrogens is 2. The number of hydrogen-bond acceptors (Lipinski definition) is 7. The molecule has 4 rings (SSSR count). The molecule has 0 fully saturated rings. The van der Waals surface area contributed by atoms with Crippen molar-refractivity contribution < 1.29 is 13.2 Å². The number of nitrogens with zero attached hydrogens (tertiary/aromatic N) is 4. The molecule has 0 spiro atoms. The maximum atomic E-state index is 12.9. The molecule has 0 bridgehead atoms. The number of hydrogen-bond donors (Lipinski definition) is 1. The molecule has 0 unspecified atom stereocenters. The van der Waals surface area contributed by atoms with Gasteiger partial charge in [0, 0.05) is 38.1 Å². The number of carbonyl (C=O) groups is 1. The number of nitrogens with one attached hydrogen (secondary N) is 1. The van der Waals surface area contributed by atoms with Crippen LogP contribution in [0.4, 0.5) is 16.5 Å². The van der Waals surface area contributed by atoms with E-state index in [0.29, 0.717) is 18.0 Å². The molecule has 0 saturated heterocycles. The van der Waals surface area contributed by atoms with Crippen LogP contribution in [-0.4, -0.2) is 45.2 Å². The van der Waals surface area contributed by atoms with Gasteiger partial charge in [-0.05, 0) is 67.3 Å². The van der Waals surface area contributed by atoms with Crippen LogP contribution in [-0.2, 0) is 21.2 Å². The molecular formula is C23H25N5O3S2. The van der Waals surface area contributed by atoms with Crippen molar-refractivity contribution in [2.45, 2.75) is 24.7 Å². The number of aryl methyl sites for hydroxylation is 2. The largest absolute Gasteiger partial charge is 0.378 e. The van der Waals surface area contributed by atoms with Crippen LogP contribution in [0.5, 0.6) is 0 Å². The lowest BCUT2D eigenvalue weighted by atomic mass is 10.0. The van der Waals surface area contributed by atoms with Crippen molar-refractivity contribution >= 4 is 49.8 Å². The predicted octanol–water partition coefficient (Wildman–Crippen LogP) is 3.71. The second kappa shape index (κ2) is 9.32. The molecule has 1 amide bonds. The predicted molar refractivity (Wildman–Crippen MR) is 132 cm³/mol. The van der Waals surface area contributed by atoms with E-state index < -0.39 is 10.0 Å². The molecule has 1 aliphatic rings. The molecule has 0 radical (unpaired) electrons. The molecule has 3 aromatic rings. The van der Waals surface area contributed by atoms with Gasteiger partial charge in [0.15, 0.2) is 0 Å². The maximum Gasteiger partial charge on any atom is 0.263 e. The molecule has 172 valence electrons. The molecule has 8 nitrogen and oxygen atoms in total. The molecule has 1 N–H and O–H groups in total. The zero-order chi connectivity index (χ0) is 23.6. The molecular weight excluding hydrogens is 458 g/mol. The van der Waals surface area contributed by atoms with E-state index in [1.165, 1.54) is 17.4 Å². The van der Waals surface area contributed by atoms with E-state index in [9.17, 15) is 13.2 Å². The van der Waals surface area contributed by atoms with Gasteiger partial charge >= 0.3 is 0 Å². The molecule has 33 heavy (non-hydrogen) atoms. The first-order valence-corrected chi connectivity index (χ1v) is 12.8. The summed E-state index contributed by atoms with van der Waals surface area (Å²) in [5.74, 6) is -0.134. The fraction of sp³-hybridized carbons (Fsp3) is 0.261. The number of rotatable bonds is 6. The van der Waals surface area contributed by atoms with Crippen LogP contribution in [0.25, 0.3) is 6.08 Å². The maximum absolute atomic E-state index is 12.9. The lowest BCUT2D eigenvalue weighted by Crippen LogP contribution is -2.34. The quantitative estimate of drug-likeness (QED) is 0.537. The molecule has 10 heteroatoms. The first kappa shape index (κ1) is 22.9. The zero-order valence-corrected chi connectivity index (χ0v) is 20.3. The standard InChI is InChI=1S/C23H25N5O3S2/c1-16-24-25-23(32-16)26-33(30,31)20-11-12-21-18(15-20)5-4-14-28(21)22(29)13-8-17-6-9-19(10-7-17)27(2)3/h6-13,15H,4-5,14H2,1-3H3,(H,25,26)/b13-8+. The van der Waals surface area contributed by atoms with E-state index in [0.717, 1.165) is 28.9 Å². The van der Waals surface area contributed by atoms with Gasteiger partial charge in [-0.25, -0.2) is 8.42 Å². The molecule has 2 aromatic carbocycles. The summed E-state index contributed by atoms with van der Waals surface area (Å²) in [6.07, 6.45) is 4.82. The normalized spacial score (nSPS) is 13.7. The Morgan fingerprint density at radius 1 is 1.15 bits per heavy atom. The van der Waals surface area contributed by atoms with E-state index in [2.05, 4.69) is 14.9 Å². The average Bonchev–Trinajstić information content (AvgIpc) is 3.20. The van der Waals surface area contributed by atoms with E-state index in [1.54, 1.807) is 36.1 Å². The summed E-state index contributed by atoms with van der Waals surface area (Å²) in [5.41, 5.74) is 3.59. The summed E-state index contributed by atoms with van der Waals surface area (Å²) < 4.78 is 28.0. The number of anilines is 3. The zero-order valence-electron chi connectivity index (χ0n) is 18.6. The number of sulfonamides is 1. The van der Waals surface area contributed by atoms with Gasteiger partial charge in [0.25, 0.3) is 15.9 Å². The Bertz CT molecular complexity index is 1300. The Labute approximate surface area is 197 Å². The fourth-order valence-electron chi connectivity index (χ4n) is 3.62. The van der Waals surface area contributed by atoms with Crippen molar-refractivity contribution in [3.05, 3.63) is 64.7 Å². The molecule has 2 heterocycles. The number of benzene rings is 2. The second-order valence-corrected chi connectivity index (χ2v) is 10.8. The Morgan fingerprint density at radius 3 is 2.58 bits per heavy atom. The molecule has 1 aromatic heterocycles. The van der Waals surface area contributed by atoms with Gasteiger partial charge in [-0.1, -0.05) is 23.5 Å². The Morgan fingerprint density at radius 2 is 1.91 bits per heavy atom. The minimum atomic E-state index is -3.79. The van der Waals surface area contributed by atoms with Crippen molar-refractivity contribution in [3.63, 3.8) is 0 Å². The van der Waals surface area contributed by atoms with Crippen molar-refractivity contribution in [1.29, 1.82) is 0 Å². The Balaban J connectivity index is 1.52. The van der Waals surface area contributed by atoms with Crippen molar-refractivity contribution in [2.75, 3.05) is 35.2 Å². The van der Waals surface area contributed by atoms with Crippen LogP contribution in [0.15, 0.2) is 53.4 Å². The van der Waals surface area contributed by atoms with Gasteiger partial charge in [0.05, 0.1) is 4.90 Å². The third kappa shape index (κ3) is 5.23. The SMILES string of the molecule is Cc1nnc(NS(=O)(=O)c2ccc3c(c2)CCCN3C(=O)/C=C/c2ccc(N(C)C)cc2)s1. The number of carbonyl (C=O) groups excluding carboxylic acids is 1. The van der Waals surface area contributed by atoms with Gasteiger partial charge in [-0.2, -0.15) is 0 Å². The average molecular weight is 484 g/mol. The van der Waals surface area contributed by atoms with Crippen molar-refractivity contribution in [1.82, 2.24) is 10.2 Å². The summed E-state index contributed by atoms with van der Waals surface area (Å²) in [5, 5.41) is 8.56. The van der Waals surface area contributed by atoms with E-state index in [-0.39, 0.29) is 15.9 Å². The molecule has 1 aliphatic heterocycles. The monoisotopic (exact) mass is 483 g/mol. The summed E-state index contributed by atoms with van der Waals surface area (Å²) in [6, 6.07) is 12.8. The van der Waals surface area contributed by atoms with Crippen LogP contribution < -0.4 is 14.5 Å². The highest BCUT2D eigenvalue weighted by molar-refractivity contribution is 7.93. The lowest BCUT2D eigenvalue weighted by Gasteiger charge is -2.29. The summed E-state index contributed by atoms with van der Waals surface area (Å²) in [4.78, 5) is 16.8. The third-order valence-electron chi connectivity index (χ3n) is 5.32. The highest BCUT2D eigenvalue weighted by atomic mass is 32.2. The van der Waals surface area contributed by atoms with Crippen LogP contribution in [0, 0.1) is 6.92 Å². The summed E-state index contributed by atoms with van der Waals surface area (Å²) in [7, 11) is 0.166. The van der Waals surface area contributed by atoms with Gasteiger partial charge in [-0.15, -0.1) is 10.2 Å². The van der Waals surface area contributed by atoms with Gasteiger partial charge in [-0.3, -0.25) is 9.52 Å². The Hall–Kier alpha value is -3.24. The molecule has 0 saturated carbocycles. The van der Waals surface area contributed by atoms with Crippen molar-refractivity contribution in [3.8, 4) is 0 Å². The smallest absolute Gasteiger partial charge is 0.263 e. The first-order chi connectivity index (χ1) is 15.7. The van der Waals surface area contributed by atoms with Crippen LogP contribution in [0.1, 0.15) is 22.6 Å². The van der Waals surface area contributed by atoms with Gasteiger partial charge in [0.1, 0.15) is 5.01 Å². The minimum Gasteiger partial charge on any atom is -0.378 e. The highest BCUT2D eigenvalue weighted by Crippen LogP contribution is 2.30. The highest BCUT2D eigenvalue weighted by Gasteiger charge is 2.24. The van der Waals surface area contributed by atoms with Crippen LogP contribution in [0.2, 0.25) is 0 Å². The lowest BCUT2D eigenvalue weighted by molar-refractivity contribution is -0.114. The number of fused-ring (bicyclic) bond motifs is 1. The van der Waals surface area contributed by atoms with Gasteiger partial charge < -0.3 is 9.80 Å². The summed E-state index contributed by atoms with van der Waals surface area (Å²) >= 11 is 1.17. The first-order valence-electron chi connectivity index (χ1n) is 10.5. The number of amides is 1. The minimum absolute atomic E-state index is 0.134. The van der Waals surface area contributed by atoms with Gasteiger partial charge in [0.2, 0.25) is 5.13 Å². The summed E-state index contributed by atoms with van der Waals surface area (Å²) in [6.45, 7) is 2.34. The topological polar surface area (TPSA) is 95.5 Å². The third-order valence-corrected chi connectivity index (χ3v) is 7.54. The van der Waals surface area contributed by atoms with Crippen LogP contribution in [0.3, 0.4) is 0 Å².